The zero-order valence-corrected chi connectivity index (χ0v) is 29.1. The molecular formula is C37H52N6O5. The normalized spacial score (nSPS) is 14.3. The predicted molar refractivity (Wildman–Crippen MR) is 189 cm³/mol. The average Bonchev–Trinajstić information content (AvgIpc) is 3.43. The van der Waals surface area contributed by atoms with Crippen LogP contribution < -0.4 is 10.5 Å². The number of anilines is 1. The van der Waals surface area contributed by atoms with Gasteiger partial charge in [0.25, 0.3) is 0 Å². The van der Waals surface area contributed by atoms with Crippen LogP contribution in [-0.2, 0) is 38.5 Å². The van der Waals surface area contributed by atoms with E-state index in [0.717, 1.165) is 112 Å². The van der Waals surface area contributed by atoms with E-state index >= 15 is 0 Å². The first-order valence-corrected chi connectivity index (χ1v) is 17.2. The molecule has 1 saturated heterocycles. The quantitative estimate of drug-likeness (QED) is 0.121. The Morgan fingerprint density at radius 1 is 1.00 bits per heavy atom. The monoisotopic (exact) mass is 660 g/mol. The Morgan fingerprint density at radius 3 is 2.58 bits per heavy atom. The van der Waals surface area contributed by atoms with Crippen molar-refractivity contribution in [2.75, 3.05) is 72.0 Å². The second-order valence-electron chi connectivity index (χ2n) is 13.4. The van der Waals surface area contributed by atoms with E-state index in [9.17, 15) is 4.79 Å². The Kier molecular flexibility index (Phi) is 12.6. The molecule has 4 aromatic rings. The summed E-state index contributed by atoms with van der Waals surface area (Å²) < 4.78 is 24.5. The number of nitrogens with zero attached hydrogens (tertiary/aromatic N) is 5. The Hall–Kier alpha value is -3.77. The maximum absolute atomic E-state index is 12.2. The van der Waals surface area contributed by atoms with Crippen LogP contribution in [0.15, 0.2) is 48.5 Å². The Balaban J connectivity index is 1.25. The number of morpholine rings is 1. The lowest BCUT2D eigenvalue weighted by Gasteiger charge is -2.28. The van der Waals surface area contributed by atoms with E-state index in [1.54, 1.807) is 7.11 Å². The molecule has 0 unspecified atom stereocenters. The fourth-order valence-electron chi connectivity index (χ4n) is 6.25. The highest BCUT2D eigenvalue weighted by molar-refractivity contribution is 6.06. The van der Waals surface area contributed by atoms with Crippen molar-refractivity contribution in [3.63, 3.8) is 0 Å². The highest BCUT2D eigenvalue weighted by atomic mass is 16.6. The zero-order valence-electron chi connectivity index (χ0n) is 29.1. The van der Waals surface area contributed by atoms with Gasteiger partial charge in [-0.15, -0.1) is 0 Å². The number of unbranched alkanes of at least 4 members (excludes halogenated alkanes) is 1. The summed E-state index contributed by atoms with van der Waals surface area (Å²) in [4.78, 5) is 26.8. The van der Waals surface area contributed by atoms with Gasteiger partial charge < -0.3 is 29.2 Å². The number of benzene rings is 2. The average molecular weight is 661 g/mol. The number of carbonyl (C=O) groups excluding carboxylic acids is 1. The molecule has 11 nitrogen and oxygen atoms in total. The minimum atomic E-state index is -0.543. The van der Waals surface area contributed by atoms with E-state index in [2.05, 4.69) is 31.5 Å². The molecule has 0 atom stereocenters. The van der Waals surface area contributed by atoms with Crippen molar-refractivity contribution in [1.29, 1.82) is 0 Å². The van der Waals surface area contributed by atoms with Gasteiger partial charge in [0.15, 0.2) is 12.4 Å². The van der Waals surface area contributed by atoms with Gasteiger partial charge in [0.1, 0.15) is 22.7 Å². The fourth-order valence-corrected chi connectivity index (χ4v) is 6.25. The summed E-state index contributed by atoms with van der Waals surface area (Å²) in [6.45, 7) is 14.3. The molecule has 5 rings (SSSR count). The van der Waals surface area contributed by atoms with E-state index < -0.39 is 5.60 Å². The lowest BCUT2D eigenvalue weighted by Crippen LogP contribution is -2.38. The maximum atomic E-state index is 12.2. The van der Waals surface area contributed by atoms with Crippen LogP contribution in [0.2, 0.25) is 0 Å². The van der Waals surface area contributed by atoms with Crippen LogP contribution in [0.1, 0.15) is 51.4 Å². The zero-order chi connectivity index (χ0) is 33.9. The van der Waals surface area contributed by atoms with Crippen LogP contribution in [0.3, 0.4) is 0 Å². The number of aromatic nitrogens is 3. The van der Waals surface area contributed by atoms with Gasteiger partial charge >= 0.3 is 5.97 Å². The SMILES string of the molecule is COCCc1nc2c(N)nc3ccccc3c2n1CCCCN(CCCN1CCOCC1)Cc1cccc(OCC(=O)OC(C)(C)C)c1. The summed E-state index contributed by atoms with van der Waals surface area (Å²) in [6, 6.07) is 16.2. The van der Waals surface area contributed by atoms with Crippen LogP contribution in [0.4, 0.5) is 5.82 Å². The second-order valence-corrected chi connectivity index (χ2v) is 13.4. The van der Waals surface area contributed by atoms with E-state index in [4.69, 9.17) is 29.7 Å². The third-order valence-corrected chi connectivity index (χ3v) is 8.46. The number of esters is 1. The second kappa shape index (κ2) is 17.1. The van der Waals surface area contributed by atoms with Gasteiger partial charge in [-0.25, -0.2) is 14.8 Å². The Bertz CT molecular complexity index is 1630. The molecule has 1 fully saturated rings. The minimum absolute atomic E-state index is 0.115. The smallest absolute Gasteiger partial charge is 0.344 e. The number of imidazole rings is 1. The largest absolute Gasteiger partial charge is 0.482 e. The number of aryl methyl sites for hydroxylation is 1. The van der Waals surface area contributed by atoms with E-state index in [0.29, 0.717) is 24.6 Å². The summed E-state index contributed by atoms with van der Waals surface area (Å²) in [5.74, 6) is 1.73. The molecule has 11 heteroatoms. The number of fused-ring (bicyclic) bond motifs is 3. The van der Waals surface area contributed by atoms with E-state index in [-0.39, 0.29) is 12.6 Å². The summed E-state index contributed by atoms with van der Waals surface area (Å²) in [5, 5.41) is 1.07. The first-order valence-electron chi connectivity index (χ1n) is 17.2. The lowest BCUT2D eigenvalue weighted by atomic mass is 10.1. The predicted octanol–water partition coefficient (Wildman–Crippen LogP) is 5.08. The van der Waals surface area contributed by atoms with Crippen LogP contribution in [0, 0.1) is 0 Å². The molecule has 1 aliphatic heterocycles. The van der Waals surface area contributed by atoms with Crippen LogP contribution >= 0.6 is 0 Å². The topological polar surface area (TPSA) is 117 Å². The highest BCUT2D eigenvalue weighted by Crippen LogP contribution is 2.29. The number of rotatable bonds is 17. The number of nitrogen functional groups attached to an aromatic ring is 1. The van der Waals surface area contributed by atoms with Crippen molar-refractivity contribution < 1.29 is 23.7 Å². The maximum Gasteiger partial charge on any atom is 0.344 e. The van der Waals surface area contributed by atoms with Gasteiger partial charge in [-0.05, 0) is 83.4 Å². The van der Waals surface area contributed by atoms with Gasteiger partial charge in [0.2, 0.25) is 0 Å². The van der Waals surface area contributed by atoms with Crippen LogP contribution in [-0.4, -0.2) is 102 Å². The Labute approximate surface area is 284 Å². The van der Waals surface area contributed by atoms with Gasteiger partial charge in [0, 0.05) is 45.1 Å². The highest BCUT2D eigenvalue weighted by Gasteiger charge is 2.19. The van der Waals surface area contributed by atoms with Gasteiger partial charge in [-0.3, -0.25) is 9.80 Å². The number of para-hydroxylation sites is 1. The van der Waals surface area contributed by atoms with Crippen molar-refractivity contribution in [2.24, 2.45) is 0 Å². The molecule has 0 radical (unpaired) electrons. The van der Waals surface area contributed by atoms with Gasteiger partial charge in [0.05, 0.1) is 30.9 Å². The van der Waals surface area contributed by atoms with Gasteiger partial charge in [-0.2, -0.15) is 0 Å². The molecule has 0 aliphatic carbocycles. The number of hydrogen-bond donors (Lipinski definition) is 1. The molecule has 48 heavy (non-hydrogen) atoms. The lowest BCUT2D eigenvalue weighted by molar-refractivity contribution is -0.157. The summed E-state index contributed by atoms with van der Waals surface area (Å²) in [7, 11) is 1.72. The summed E-state index contributed by atoms with van der Waals surface area (Å²) >= 11 is 0. The summed E-state index contributed by atoms with van der Waals surface area (Å²) in [6.07, 6.45) is 3.80. The first kappa shape index (κ1) is 35.5. The summed E-state index contributed by atoms with van der Waals surface area (Å²) in [5.41, 5.74) is 9.71. The molecule has 2 aromatic heterocycles. The number of nitrogens with two attached hydrogens (primary N) is 1. The fraction of sp³-hybridized carbons (Fsp3) is 0.541. The van der Waals surface area contributed by atoms with Crippen molar-refractivity contribution in [3.05, 3.63) is 59.9 Å². The molecule has 0 amide bonds. The molecular weight excluding hydrogens is 608 g/mol. The number of methoxy groups -OCH3 is 1. The number of ether oxygens (including phenoxy) is 4. The molecule has 3 heterocycles. The third-order valence-electron chi connectivity index (χ3n) is 8.46. The van der Waals surface area contributed by atoms with Crippen molar-refractivity contribution in [3.8, 4) is 5.75 Å². The molecule has 1 aliphatic rings. The van der Waals surface area contributed by atoms with E-state index in [1.165, 1.54) is 0 Å². The van der Waals surface area contributed by atoms with Crippen LogP contribution in [0.5, 0.6) is 5.75 Å². The Morgan fingerprint density at radius 2 is 1.79 bits per heavy atom. The molecule has 0 saturated carbocycles. The number of pyridine rings is 1. The van der Waals surface area contributed by atoms with E-state index in [1.807, 2.05) is 57.2 Å². The standard InChI is InChI=1S/C37H52N6O5/c1-37(2,3)48-33(44)27-47-29-12-9-11-28(25-29)26-42(18-10-17-41-20-23-46-24-21-41)16-7-8-19-43-32(15-22-45-4)40-34-35(43)30-13-5-6-14-31(30)39-36(34)38/h5-6,9,11-14,25H,7-8,10,15-24,26-27H2,1-4H3,(H2,38,39). The third kappa shape index (κ3) is 10.1. The number of carbonyl (C=O) groups is 1. The number of hydrogen-bond acceptors (Lipinski definition) is 10. The van der Waals surface area contributed by atoms with Crippen molar-refractivity contribution in [2.45, 2.75) is 65.1 Å². The van der Waals surface area contributed by atoms with Crippen LogP contribution in [0.25, 0.3) is 21.9 Å². The molecule has 260 valence electrons. The molecule has 2 aromatic carbocycles. The molecule has 0 bridgehead atoms. The molecule has 2 N–H and O–H groups in total. The van der Waals surface area contributed by atoms with Gasteiger partial charge in [-0.1, -0.05) is 30.3 Å². The molecule has 0 spiro atoms. The first-order chi connectivity index (χ1) is 23.2. The van der Waals surface area contributed by atoms with Crippen molar-refractivity contribution in [1.82, 2.24) is 24.3 Å². The van der Waals surface area contributed by atoms with Crippen molar-refractivity contribution >= 4 is 33.7 Å². The minimum Gasteiger partial charge on any atom is -0.482 e.